The van der Waals surface area contributed by atoms with E-state index in [1.54, 1.807) is 11.3 Å². The molecule has 4 aromatic rings. The highest BCUT2D eigenvalue weighted by molar-refractivity contribution is 7.71. The van der Waals surface area contributed by atoms with Crippen LogP contribution < -0.4 is 0 Å². The molecule has 142 valence electrons. The van der Waals surface area contributed by atoms with Crippen molar-refractivity contribution in [3.8, 4) is 11.4 Å². The molecule has 0 saturated carbocycles. The largest absolute Gasteiger partial charge is 0.296 e. The predicted molar refractivity (Wildman–Crippen MR) is 118 cm³/mol. The second-order valence-electron chi connectivity index (χ2n) is 6.60. The van der Waals surface area contributed by atoms with Crippen LogP contribution in [0.5, 0.6) is 0 Å². The Morgan fingerprint density at radius 2 is 1.89 bits per heavy atom. The maximum atomic E-state index is 5.69. The normalized spacial score (nSPS) is 11.4. The summed E-state index contributed by atoms with van der Waals surface area (Å²) < 4.78 is 5.79. The third kappa shape index (κ3) is 3.82. The number of hydrogen-bond donors (Lipinski definition) is 0. The SMILES string of the molecule is C=CCn1c(-c2ccccc2)nn(CN(C)Cc2nc3ccccc3s2)c1=S. The first-order valence-electron chi connectivity index (χ1n) is 9.02. The van der Waals surface area contributed by atoms with Crippen LogP contribution in [0.4, 0.5) is 0 Å². The highest BCUT2D eigenvalue weighted by atomic mass is 32.1. The number of nitrogens with zero attached hydrogens (tertiary/aromatic N) is 5. The van der Waals surface area contributed by atoms with Gasteiger partial charge in [-0.3, -0.25) is 9.47 Å². The van der Waals surface area contributed by atoms with Crippen LogP contribution in [-0.2, 0) is 19.8 Å². The minimum Gasteiger partial charge on any atom is -0.296 e. The van der Waals surface area contributed by atoms with E-state index in [-0.39, 0.29) is 0 Å². The molecular weight excluding hydrogens is 386 g/mol. The van der Waals surface area contributed by atoms with Crippen molar-refractivity contribution >= 4 is 33.8 Å². The van der Waals surface area contributed by atoms with Crippen molar-refractivity contribution in [1.82, 2.24) is 24.2 Å². The summed E-state index contributed by atoms with van der Waals surface area (Å²) in [6.45, 7) is 5.83. The smallest absolute Gasteiger partial charge is 0.199 e. The molecule has 2 heterocycles. The number of benzene rings is 2. The summed E-state index contributed by atoms with van der Waals surface area (Å²) in [5.74, 6) is 0.860. The minimum absolute atomic E-state index is 0.596. The fraction of sp³-hybridized carbons (Fsp3) is 0.190. The zero-order chi connectivity index (χ0) is 19.5. The zero-order valence-corrected chi connectivity index (χ0v) is 17.3. The van der Waals surface area contributed by atoms with Crippen molar-refractivity contribution in [2.75, 3.05) is 7.05 Å². The second-order valence-corrected chi connectivity index (χ2v) is 8.08. The van der Waals surface area contributed by atoms with Crippen LogP contribution in [0.25, 0.3) is 21.6 Å². The summed E-state index contributed by atoms with van der Waals surface area (Å²) in [4.78, 5) is 6.89. The van der Waals surface area contributed by atoms with Crippen molar-refractivity contribution < 1.29 is 0 Å². The average molecular weight is 408 g/mol. The molecule has 0 atom stereocenters. The molecule has 5 nitrogen and oxygen atoms in total. The number of aromatic nitrogens is 4. The van der Waals surface area contributed by atoms with Gasteiger partial charge in [-0.2, -0.15) is 5.10 Å². The van der Waals surface area contributed by atoms with Gasteiger partial charge in [0.05, 0.1) is 23.4 Å². The summed E-state index contributed by atoms with van der Waals surface area (Å²) in [6.07, 6.45) is 1.85. The van der Waals surface area contributed by atoms with Gasteiger partial charge in [0.15, 0.2) is 10.6 Å². The lowest BCUT2D eigenvalue weighted by atomic mass is 10.2. The summed E-state index contributed by atoms with van der Waals surface area (Å²) in [5.41, 5.74) is 2.09. The standard InChI is InChI=1S/C21H21N5S2/c1-3-13-25-20(16-9-5-4-6-10-16)23-26(21(25)27)15-24(2)14-19-22-17-11-7-8-12-18(17)28-19/h3-12H,1,13-15H2,2H3. The van der Waals surface area contributed by atoms with Gasteiger partial charge >= 0.3 is 0 Å². The summed E-state index contributed by atoms with van der Waals surface area (Å²) >= 11 is 7.42. The van der Waals surface area contributed by atoms with E-state index in [1.165, 1.54) is 4.70 Å². The number of thiazole rings is 1. The van der Waals surface area contributed by atoms with Crippen molar-refractivity contribution in [2.45, 2.75) is 19.8 Å². The van der Waals surface area contributed by atoms with E-state index in [2.05, 4.69) is 30.7 Å². The molecular formula is C21H21N5S2. The van der Waals surface area contributed by atoms with E-state index in [0.717, 1.165) is 28.5 Å². The minimum atomic E-state index is 0.596. The summed E-state index contributed by atoms with van der Waals surface area (Å²) in [5, 5.41) is 5.88. The van der Waals surface area contributed by atoms with Gasteiger partial charge in [0.1, 0.15) is 5.01 Å². The number of fused-ring (bicyclic) bond motifs is 1. The topological polar surface area (TPSA) is 38.9 Å². The van der Waals surface area contributed by atoms with Crippen LogP contribution >= 0.6 is 23.6 Å². The molecule has 2 aromatic heterocycles. The Hall–Kier alpha value is -2.61. The van der Waals surface area contributed by atoms with E-state index < -0.39 is 0 Å². The van der Waals surface area contributed by atoms with Gasteiger partial charge in [0.25, 0.3) is 0 Å². The monoisotopic (exact) mass is 407 g/mol. The third-order valence-corrected chi connectivity index (χ3v) is 5.84. The molecule has 0 unspecified atom stereocenters. The van der Waals surface area contributed by atoms with E-state index in [0.29, 0.717) is 18.0 Å². The molecule has 0 N–H and O–H groups in total. The van der Waals surface area contributed by atoms with Crippen LogP contribution in [0.2, 0.25) is 0 Å². The quantitative estimate of drug-likeness (QED) is 0.320. The molecule has 28 heavy (non-hydrogen) atoms. The maximum absolute atomic E-state index is 5.69. The Kier molecular flexibility index (Phi) is 5.47. The molecule has 0 radical (unpaired) electrons. The Balaban J connectivity index is 1.58. The number of allylic oxidation sites excluding steroid dienone is 1. The van der Waals surface area contributed by atoms with Crippen molar-refractivity contribution in [2.24, 2.45) is 0 Å². The van der Waals surface area contributed by atoms with Gasteiger partial charge < -0.3 is 0 Å². The lowest BCUT2D eigenvalue weighted by Gasteiger charge is -2.14. The van der Waals surface area contributed by atoms with E-state index in [4.69, 9.17) is 22.3 Å². The highest BCUT2D eigenvalue weighted by Gasteiger charge is 2.14. The molecule has 0 aliphatic carbocycles. The van der Waals surface area contributed by atoms with Gasteiger partial charge in [0.2, 0.25) is 0 Å². The average Bonchev–Trinajstić information content (AvgIpc) is 3.24. The zero-order valence-electron chi connectivity index (χ0n) is 15.7. The lowest BCUT2D eigenvalue weighted by Crippen LogP contribution is -2.22. The number of para-hydroxylation sites is 1. The van der Waals surface area contributed by atoms with Gasteiger partial charge in [-0.25, -0.2) is 9.67 Å². The molecule has 7 heteroatoms. The van der Waals surface area contributed by atoms with Gasteiger partial charge in [-0.15, -0.1) is 17.9 Å². The number of rotatable bonds is 7. The van der Waals surface area contributed by atoms with Gasteiger partial charge in [-0.1, -0.05) is 48.5 Å². The first kappa shape index (κ1) is 18.7. The van der Waals surface area contributed by atoms with Crippen LogP contribution in [0.15, 0.2) is 67.3 Å². The molecule has 0 fully saturated rings. The third-order valence-electron chi connectivity index (χ3n) is 4.39. The molecule has 0 spiro atoms. The maximum Gasteiger partial charge on any atom is 0.199 e. The Bertz CT molecular complexity index is 1120. The van der Waals surface area contributed by atoms with Gasteiger partial charge in [0, 0.05) is 12.1 Å². The summed E-state index contributed by atoms with van der Waals surface area (Å²) in [7, 11) is 2.06. The van der Waals surface area contributed by atoms with E-state index in [1.807, 2.05) is 57.8 Å². The molecule has 0 aliphatic heterocycles. The Labute approximate surface area is 173 Å². The first-order chi connectivity index (χ1) is 13.7. The molecule has 0 aliphatic rings. The van der Waals surface area contributed by atoms with E-state index >= 15 is 0 Å². The van der Waals surface area contributed by atoms with Crippen LogP contribution in [0, 0.1) is 4.77 Å². The Morgan fingerprint density at radius 1 is 1.14 bits per heavy atom. The summed E-state index contributed by atoms with van der Waals surface area (Å²) in [6, 6.07) is 18.3. The van der Waals surface area contributed by atoms with Crippen LogP contribution in [0.3, 0.4) is 0 Å². The predicted octanol–water partition coefficient (Wildman–Crippen LogP) is 4.97. The van der Waals surface area contributed by atoms with Crippen molar-refractivity contribution in [3.63, 3.8) is 0 Å². The molecule has 0 amide bonds. The fourth-order valence-electron chi connectivity index (χ4n) is 3.12. The molecule has 4 rings (SSSR count). The lowest BCUT2D eigenvalue weighted by molar-refractivity contribution is 0.244. The van der Waals surface area contributed by atoms with E-state index in [9.17, 15) is 0 Å². The van der Waals surface area contributed by atoms with Gasteiger partial charge in [-0.05, 0) is 31.4 Å². The number of hydrogen-bond acceptors (Lipinski definition) is 5. The van der Waals surface area contributed by atoms with Crippen molar-refractivity contribution in [3.05, 3.63) is 77.0 Å². The fourth-order valence-corrected chi connectivity index (χ4v) is 4.43. The molecule has 0 bridgehead atoms. The second kappa shape index (κ2) is 8.18. The highest BCUT2D eigenvalue weighted by Crippen LogP contribution is 2.23. The van der Waals surface area contributed by atoms with Crippen molar-refractivity contribution in [1.29, 1.82) is 0 Å². The van der Waals surface area contributed by atoms with Crippen LogP contribution in [-0.4, -0.2) is 31.3 Å². The first-order valence-corrected chi connectivity index (χ1v) is 10.2. The van der Waals surface area contributed by atoms with Crippen LogP contribution in [0.1, 0.15) is 5.01 Å². The molecule has 0 saturated heterocycles. The Morgan fingerprint density at radius 3 is 2.64 bits per heavy atom. The molecule has 2 aromatic carbocycles.